The third-order valence-corrected chi connectivity index (χ3v) is 8.74. The number of nitrogens with zero attached hydrogens (tertiary/aromatic N) is 2. The van der Waals surface area contributed by atoms with Gasteiger partial charge in [-0.05, 0) is 65.6 Å². The highest BCUT2D eigenvalue weighted by Gasteiger charge is 2.50. The number of fused-ring (bicyclic) bond motifs is 3. The zero-order chi connectivity index (χ0) is 23.3. The Balaban J connectivity index is 1.65. The third kappa shape index (κ3) is 3.62. The molecule has 2 aliphatic rings. The Kier molecular flexibility index (Phi) is 5.47. The molecule has 1 N–H and O–H groups in total. The highest BCUT2D eigenvalue weighted by atomic mass is 32.2. The van der Waals surface area contributed by atoms with Gasteiger partial charge in [0.2, 0.25) is 10.0 Å². The summed E-state index contributed by atoms with van der Waals surface area (Å²) in [5.74, 6) is -1.10. The number of benzene rings is 3. The lowest BCUT2D eigenvalue weighted by molar-refractivity contribution is 0.193. The predicted molar refractivity (Wildman–Crippen MR) is 122 cm³/mol. The van der Waals surface area contributed by atoms with Crippen LogP contribution in [0.3, 0.4) is 0 Å². The summed E-state index contributed by atoms with van der Waals surface area (Å²) >= 11 is 0. The van der Waals surface area contributed by atoms with E-state index in [1.165, 1.54) is 34.6 Å². The molecule has 3 atom stereocenters. The second kappa shape index (κ2) is 8.20. The Morgan fingerprint density at radius 1 is 0.970 bits per heavy atom. The van der Waals surface area contributed by atoms with Crippen molar-refractivity contribution in [3.05, 3.63) is 83.9 Å². The molecule has 1 fully saturated rings. The van der Waals surface area contributed by atoms with E-state index in [1.807, 2.05) is 30.1 Å². The minimum atomic E-state index is -3.97. The maximum absolute atomic E-state index is 13.9. The molecule has 0 radical (unpaired) electrons. The molecule has 1 saturated heterocycles. The van der Waals surface area contributed by atoms with E-state index in [0.717, 1.165) is 22.9 Å². The normalized spacial score (nSPS) is 22.8. The van der Waals surface area contributed by atoms with Crippen molar-refractivity contribution in [1.82, 2.24) is 4.31 Å². The van der Waals surface area contributed by atoms with E-state index in [1.54, 1.807) is 12.1 Å². The van der Waals surface area contributed by atoms with Gasteiger partial charge in [-0.15, -0.1) is 0 Å². The van der Waals surface area contributed by atoms with E-state index >= 15 is 0 Å². The van der Waals surface area contributed by atoms with Crippen molar-refractivity contribution in [2.24, 2.45) is 5.92 Å². The molecular formula is C25H24F2N2O3S. The molecule has 0 aromatic heterocycles. The molecule has 5 rings (SSSR count). The van der Waals surface area contributed by atoms with Crippen molar-refractivity contribution in [3.63, 3.8) is 0 Å². The summed E-state index contributed by atoms with van der Waals surface area (Å²) in [5, 5.41) is 10.1. The van der Waals surface area contributed by atoms with Crippen LogP contribution in [0.15, 0.2) is 71.6 Å². The minimum Gasteiger partial charge on any atom is -0.394 e. The van der Waals surface area contributed by atoms with Gasteiger partial charge in [0, 0.05) is 25.2 Å². The molecule has 33 heavy (non-hydrogen) atoms. The van der Waals surface area contributed by atoms with Gasteiger partial charge in [0.25, 0.3) is 0 Å². The van der Waals surface area contributed by atoms with Gasteiger partial charge in [0.05, 0.1) is 23.6 Å². The summed E-state index contributed by atoms with van der Waals surface area (Å²) in [6, 6.07) is 16.2. The fourth-order valence-corrected chi connectivity index (χ4v) is 6.99. The van der Waals surface area contributed by atoms with Crippen molar-refractivity contribution < 1.29 is 22.3 Å². The molecule has 0 bridgehead atoms. The first-order valence-electron chi connectivity index (χ1n) is 10.8. The number of likely N-dealkylation sites (N-methyl/N-ethyl adjacent to an activating group) is 1. The van der Waals surface area contributed by atoms with Gasteiger partial charge >= 0.3 is 0 Å². The molecule has 5 nitrogen and oxygen atoms in total. The van der Waals surface area contributed by atoms with Gasteiger partial charge in [-0.3, -0.25) is 0 Å². The summed E-state index contributed by atoms with van der Waals surface area (Å²) in [4.78, 5) is 1.90. The Morgan fingerprint density at radius 2 is 1.67 bits per heavy atom. The first-order chi connectivity index (χ1) is 15.8. The quantitative estimate of drug-likeness (QED) is 0.621. The Morgan fingerprint density at radius 3 is 2.36 bits per heavy atom. The van der Waals surface area contributed by atoms with Gasteiger partial charge in [0.1, 0.15) is 11.6 Å². The van der Waals surface area contributed by atoms with Crippen molar-refractivity contribution in [2.45, 2.75) is 23.4 Å². The lowest BCUT2D eigenvalue weighted by atomic mass is 9.81. The molecule has 0 aliphatic carbocycles. The number of hydrogen-bond acceptors (Lipinski definition) is 4. The largest absolute Gasteiger partial charge is 0.394 e. The van der Waals surface area contributed by atoms with Crippen LogP contribution in [-0.4, -0.2) is 44.1 Å². The van der Waals surface area contributed by atoms with Crippen LogP contribution >= 0.6 is 0 Å². The average molecular weight is 471 g/mol. The number of halogens is 2. The maximum atomic E-state index is 13.9. The molecule has 0 unspecified atom stereocenters. The first kappa shape index (κ1) is 22.0. The van der Waals surface area contributed by atoms with Gasteiger partial charge in [0.15, 0.2) is 0 Å². The monoisotopic (exact) mass is 470 g/mol. The number of hydrogen-bond donors (Lipinski definition) is 1. The lowest BCUT2D eigenvalue weighted by Crippen LogP contribution is -2.48. The van der Waals surface area contributed by atoms with Crippen LogP contribution in [0.4, 0.5) is 14.5 Å². The van der Waals surface area contributed by atoms with Gasteiger partial charge < -0.3 is 10.0 Å². The first-order valence-corrected chi connectivity index (χ1v) is 12.3. The molecule has 8 heteroatoms. The van der Waals surface area contributed by atoms with Crippen LogP contribution in [0.2, 0.25) is 0 Å². The molecule has 0 spiro atoms. The summed E-state index contributed by atoms with van der Waals surface area (Å²) in [6.07, 6.45) is 0.568. The topological polar surface area (TPSA) is 60.9 Å². The zero-order valence-corrected chi connectivity index (χ0v) is 18.8. The summed E-state index contributed by atoms with van der Waals surface area (Å²) in [7, 11) is -2.08. The Bertz CT molecular complexity index is 1310. The number of rotatable bonds is 4. The molecule has 0 amide bonds. The second-order valence-corrected chi connectivity index (χ2v) is 10.5. The molecule has 3 aromatic carbocycles. The van der Waals surface area contributed by atoms with E-state index in [-0.39, 0.29) is 35.8 Å². The number of aliphatic hydroxyl groups is 1. The standard InChI is InChI=1S/C25H24F2N2O3S/c1-28-23-9-8-17(16-4-2-5-18(26)12-16)13-22(23)25-21(24(28)15-30)10-11-29(25)33(31,32)20-7-3-6-19(27)14-20/h2-9,12-14,21,24-25,30H,10-11,15H2,1H3/t21-,24+,25-/m1/s1. The fourth-order valence-electron chi connectivity index (χ4n) is 5.29. The van der Waals surface area contributed by atoms with Crippen molar-refractivity contribution in [3.8, 4) is 11.1 Å². The van der Waals surface area contributed by atoms with Gasteiger partial charge in [-0.1, -0.05) is 24.3 Å². The van der Waals surface area contributed by atoms with Crippen molar-refractivity contribution in [2.75, 3.05) is 25.1 Å². The Labute approximate surface area is 191 Å². The number of sulfonamides is 1. The summed E-state index contributed by atoms with van der Waals surface area (Å²) in [6.45, 7) is 0.152. The molecule has 2 aliphatic heterocycles. The van der Waals surface area contributed by atoms with E-state index in [4.69, 9.17) is 0 Å². The second-order valence-electron chi connectivity index (χ2n) is 8.62. The van der Waals surface area contributed by atoms with Crippen LogP contribution < -0.4 is 4.90 Å². The Hall–Kier alpha value is -2.81. The molecular weight excluding hydrogens is 446 g/mol. The van der Waals surface area contributed by atoms with E-state index in [2.05, 4.69) is 0 Å². The van der Waals surface area contributed by atoms with Crippen LogP contribution in [0, 0.1) is 17.6 Å². The smallest absolute Gasteiger partial charge is 0.243 e. The molecule has 172 valence electrons. The molecule has 2 heterocycles. The van der Waals surface area contributed by atoms with Crippen molar-refractivity contribution >= 4 is 15.7 Å². The minimum absolute atomic E-state index is 0.0922. The fraction of sp³-hybridized carbons (Fsp3) is 0.280. The highest BCUT2D eigenvalue weighted by Crippen LogP contribution is 2.51. The van der Waals surface area contributed by atoms with E-state index < -0.39 is 21.9 Å². The van der Waals surface area contributed by atoms with E-state index in [9.17, 15) is 22.3 Å². The third-order valence-electron chi connectivity index (χ3n) is 6.86. The summed E-state index contributed by atoms with van der Waals surface area (Å²) in [5.41, 5.74) is 3.08. The average Bonchev–Trinajstić information content (AvgIpc) is 3.25. The summed E-state index contributed by atoms with van der Waals surface area (Å²) < 4.78 is 56.2. The molecule has 0 saturated carbocycles. The predicted octanol–water partition coefficient (Wildman–Crippen LogP) is 4.19. The van der Waals surface area contributed by atoms with Crippen molar-refractivity contribution in [1.29, 1.82) is 0 Å². The van der Waals surface area contributed by atoms with Crippen LogP contribution in [0.1, 0.15) is 18.0 Å². The van der Waals surface area contributed by atoms with Gasteiger partial charge in [-0.2, -0.15) is 4.31 Å². The highest BCUT2D eigenvalue weighted by molar-refractivity contribution is 7.89. The number of anilines is 1. The maximum Gasteiger partial charge on any atom is 0.243 e. The van der Waals surface area contributed by atoms with E-state index in [0.29, 0.717) is 12.0 Å². The number of aliphatic hydroxyl groups excluding tert-OH is 1. The van der Waals surface area contributed by atoms with Crippen LogP contribution in [0.5, 0.6) is 0 Å². The van der Waals surface area contributed by atoms with Gasteiger partial charge in [-0.25, -0.2) is 17.2 Å². The molecule has 3 aromatic rings. The zero-order valence-electron chi connectivity index (χ0n) is 18.0. The lowest BCUT2D eigenvalue weighted by Gasteiger charge is -2.44. The SMILES string of the molecule is CN1c2ccc(-c3cccc(F)c3)cc2[C@H]2[C@H](CCN2S(=O)(=O)c2cccc(F)c2)[C@@H]1CO. The van der Waals surface area contributed by atoms with Crippen LogP contribution in [-0.2, 0) is 10.0 Å². The van der Waals surface area contributed by atoms with Crippen LogP contribution in [0.25, 0.3) is 11.1 Å².